The van der Waals surface area contributed by atoms with Crippen molar-refractivity contribution in [2.75, 3.05) is 19.1 Å². The summed E-state index contributed by atoms with van der Waals surface area (Å²) in [7, 11) is -0.941. The molecule has 4 aromatic rings. The molecule has 0 saturated heterocycles. The van der Waals surface area contributed by atoms with E-state index in [4.69, 9.17) is 9.94 Å². The number of amides is 1. The first-order valence-electron chi connectivity index (χ1n) is 11.1. The van der Waals surface area contributed by atoms with Gasteiger partial charge in [0, 0.05) is 23.7 Å². The average molecular weight is 553 g/mol. The summed E-state index contributed by atoms with van der Waals surface area (Å²) >= 11 is 1.39. The lowest BCUT2D eigenvalue weighted by atomic mass is 9.99. The molecule has 12 heteroatoms. The molecular weight excluding hydrogens is 528 g/mol. The number of ether oxygens (including phenoxy) is 1. The van der Waals surface area contributed by atoms with Gasteiger partial charge in [0.15, 0.2) is 5.03 Å². The maximum Gasteiger partial charge on any atom is 0.276 e. The Morgan fingerprint density at radius 3 is 2.58 bits per heavy atom. The van der Waals surface area contributed by atoms with Crippen LogP contribution in [-0.4, -0.2) is 50.1 Å². The van der Waals surface area contributed by atoms with E-state index in [0.29, 0.717) is 28.1 Å². The summed E-state index contributed by atoms with van der Waals surface area (Å²) in [5, 5.41) is 23.2. The predicted octanol–water partition coefficient (Wildman–Crippen LogP) is 4.65. The molecule has 4 rings (SSSR count). The van der Waals surface area contributed by atoms with Crippen molar-refractivity contribution in [1.29, 1.82) is 0 Å². The number of oxime groups is 1. The van der Waals surface area contributed by atoms with Gasteiger partial charge in [-0.15, -0.1) is 11.3 Å². The third-order valence-corrected chi connectivity index (χ3v) is 8.57. The van der Waals surface area contributed by atoms with Crippen LogP contribution in [0.2, 0.25) is 0 Å². The number of hydrogen-bond donors (Lipinski definition) is 3. The fourth-order valence-electron chi connectivity index (χ4n) is 4.14. The lowest BCUT2D eigenvalue weighted by Crippen LogP contribution is -2.24. The highest BCUT2D eigenvalue weighted by Gasteiger charge is 2.28. The van der Waals surface area contributed by atoms with Crippen molar-refractivity contribution in [3.8, 4) is 16.2 Å². The Morgan fingerprint density at radius 2 is 1.92 bits per heavy atom. The van der Waals surface area contributed by atoms with Crippen molar-refractivity contribution in [2.24, 2.45) is 5.16 Å². The van der Waals surface area contributed by atoms with Crippen molar-refractivity contribution in [3.63, 3.8) is 0 Å². The topological polar surface area (TPSA) is 141 Å². The SMILES string of the molecule is COc1ccc(S(=O)(=O)c2ncccc2N(C)c2c(C)cc(-c3sccc3C=NO)cc2C(=O)NO)cc1. The summed E-state index contributed by atoms with van der Waals surface area (Å²) in [6, 6.07) is 14.3. The van der Waals surface area contributed by atoms with E-state index in [9.17, 15) is 18.4 Å². The van der Waals surface area contributed by atoms with Crippen LogP contribution in [0, 0.1) is 6.92 Å². The van der Waals surface area contributed by atoms with Crippen LogP contribution in [0.25, 0.3) is 10.4 Å². The molecule has 0 unspecified atom stereocenters. The van der Waals surface area contributed by atoms with Gasteiger partial charge in [0.05, 0.1) is 35.2 Å². The smallest absolute Gasteiger partial charge is 0.276 e. The molecule has 0 aliphatic carbocycles. The van der Waals surface area contributed by atoms with E-state index in [1.807, 2.05) is 11.4 Å². The number of hydroxylamine groups is 1. The van der Waals surface area contributed by atoms with E-state index in [2.05, 4.69) is 10.1 Å². The molecular formula is C26H24N4O6S2. The van der Waals surface area contributed by atoms with Gasteiger partial charge >= 0.3 is 0 Å². The van der Waals surface area contributed by atoms with E-state index >= 15 is 0 Å². The number of hydrogen-bond acceptors (Lipinski definition) is 10. The number of pyridine rings is 1. The Morgan fingerprint density at radius 1 is 1.18 bits per heavy atom. The Labute approximate surface area is 223 Å². The van der Waals surface area contributed by atoms with Crippen molar-refractivity contribution in [3.05, 3.63) is 82.9 Å². The van der Waals surface area contributed by atoms with Gasteiger partial charge in [-0.2, -0.15) is 0 Å². The van der Waals surface area contributed by atoms with Gasteiger partial charge in [-0.1, -0.05) is 5.16 Å². The molecule has 38 heavy (non-hydrogen) atoms. The molecule has 2 aromatic carbocycles. The number of aryl methyl sites for hydroxylation is 1. The third kappa shape index (κ3) is 4.96. The molecule has 1 amide bonds. The van der Waals surface area contributed by atoms with Gasteiger partial charge in [-0.05, 0) is 78.0 Å². The molecule has 0 spiro atoms. The third-order valence-electron chi connectivity index (χ3n) is 5.87. The van der Waals surface area contributed by atoms with Crippen LogP contribution in [0.1, 0.15) is 21.5 Å². The highest BCUT2D eigenvalue weighted by Crippen LogP contribution is 2.39. The van der Waals surface area contributed by atoms with Crippen molar-refractivity contribution in [2.45, 2.75) is 16.8 Å². The minimum absolute atomic E-state index is 0.0304. The summed E-state index contributed by atoms with van der Waals surface area (Å²) < 4.78 is 32.3. The number of benzene rings is 2. The fourth-order valence-corrected chi connectivity index (χ4v) is 6.40. The molecule has 2 aromatic heterocycles. The first-order valence-corrected chi connectivity index (χ1v) is 13.5. The lowest BCUT2D eigenvalue weighted by Gasteiger charge is -2.26. The first-order chi connectivity index (χ1) is 18.2. The molecule has 0 aliphatic rings. The molecule has 0 bridgehead atoms. The fraction of sp³-hybridized carbons (Fsp3) is 0.115. The largest absolute Gasteiger partial charge is 0.497 e. The molecule has 0 saturated carbocycles. The van der Waals surface area contributed by atoms with E-state index in [1.165, 1.54) is 43.0 Å². The zero-order chi connectivity index (χ0) is 27.4. The number of carbonyl (C=O) groups excluding carboxylic acids is 1. The molecule has 3 N–H and O–H groups in total. The molecule has 2 heterocycles. The highest BCUT2D eigenvalue weighted by atomic mass is 32.2. The number of nitrogens with one attached hydrogen (secondary N) is 1. The van der Waals surface area contributed by atoms with Gasteiger partial charge in [0.1, 0.15) is 5.75 Å². The number of methoxy groups -OCH3 is 1. The van der Waals surface area contributed by atoms with E-state index in [1.54, 1.807) is 60.7 Å². The second-order valence-electron chi connectivity index (χ2n) is 8.15. The van der Waals surface area contributed by atoms with Crippen LogP contribution in [0.5, 0.6) is 5.75 Å². The maximum atomic E-state index is 13.6. The number of thiophene rings is 1. The molecule has 0 aliphatic heterocycles. The predicted molar refractivity (Wildman–Crippen MR) is 144 cm³/mol. The summed E-state index contributed by atoms with van der Waals surface area (Å²) in [4.78, 5) is 19.3. The Hall–Kier alpha value is -4.26. The Kier molecular flexibility index (Phi) is 7.76. The normalized spacial score (nSPS) is 11.5. The van der Waals surface area contributed by atoms with Crippen molar-refractivity contribution < 1.29 is 28.4 Å². The number of rotatable bonds is 8. The Balaban J connectivity index is 1.87. The van der Waals surface area contributed by atoms with Gasteiger partial charge in [0.25, 0.3) is 5.91 Å². The van der Waals surface area contributed by atoms with Crippen molar-refractivity contribution in [1.82, 2.24) is 10.5 Å². The number of nitrogens with zero attached hydrogens (tertiary/aromatic N) is 3. The van der Waals surface area contributed by atoms with E-state index in [-0.39, 0.29) is 21.2 Å². The average Bonchev–Trinajstić information content (AvgIpc) is 3.40. The molecule has 0 fully saturated rings. The number of anilines is 2. The summed E-state index contributed by atoms with van der Waals surface area (Å²) in [5.41, 5.74) is 4.30. The van der Waals surface area contributed by atoms with Crippen LogP contribution in [0.3, 0.4) is 0 Å². The quantitative estimate of drug-likeness (QED) is 0.124. The van der Waals surface area contributed by atoms with Gasteiger partial charge in [-0.3, -0.25) is 10.0 Å². The first kappa shape index (κ1) is 26.8. The number of carbonyl (C=O) groups is 1. The zero-order valence-electron chi connectivity index (χ0n) is 20.6. The standard InChI is InChI=1S/C26H24N4O6S2/c1-16-13-18(24-17(15-28-32)10-12-37-24)14-21(25(31)29-33)23(16)30(2)22-5-4-11-27-26(22)38(34,35)20-8-6-19(36-3)7-9-20/h4-15,32-33H,1-3H3,(H,29,31). The van der Waals surface area contributed by atoms with Crippen molar-refractivity contribution >= 4 is 44.7 Å². The summed E-state index contributed by atoms with van der Waals surface area (Å²) in [5.74, 6) is -0.272. The summed E-state index contributed by atoms with van der Waals surface area (Å²) in [6.45, 7) is 1.77. The van der Waals surface area contributed by atoms with Gasteiger partial charge < -0.3 is 14.8 Å². The maximum absolute atomic E-state index is 13.6. The zero-order valence-corrected chi connectivity index (χ0v) is 22.2. The molecule has 0 radical (unpaired) electrons. The molecule has 196 valence electrons. The van der Waals surface area contributed by atoms with Crippen LogP contribution < -0.4 is 15.1 Å². The van der Waals surface area contributed by atoms with Crippen LogP contribution in [0.4, 0.5) is 11.4 Å². The molecule has 0 atom stereocenters. The second kappa shape index (κ2) is 11.0. The van der Waals surface area contributed by atoms with E-state index in [0.717, 1.165) is 4.88 Å². The lowest BCUT2D eigenvalue weighted by molar-refractivity contribution is 0.0707. The number of sulfone groups is 1. The molecule has 10 nitrogen and oxygen atoms in total. The minimum Gasteiger partial charge on any atom is -0.497 e. The van der Waals surface area contributed by atoms with Crippen LogP contribution >= 0.6 is 11.3 Å². The number of aromatic nitrogens is 1. The van der Waals surface area contributed by atoms with Crippen LogP contribution in [0.15, 0.2) is 81.3 Å². The second-order valence-corrected chi connectivity index (χ2v) is 10.9. The summed E-state index contributed by atoms with van der Waals surface area (Å²) in [6.07, 6.45) is 2.67. The Bertz CT molecular complexity index is 1620. The monoisotopic (exact) mass is 552 g/mol. The van der Waals surface area contributed by atoms with Gasteiger partial charge in [0.2, 0.25) is 9.84 Å². The van der Waals surface area contributed by atoms with Crippen LogP contribution in [-0.2, 0) is 9.84 Å². The highest BCUT2D eigenvalue weighted by molar-refractivity contribution is 7.91. The van der Waals surface area contributed by atoms with E-state index < -0.39 is 15.7 Å². The van der Waals surface area contributed by atoms with Gasteiger partial charge in [-0.25, -0.2) is 18.9 Å². The minimum atomic E-state index is -4.05.